The van der Waals surface area contributed by atoms with Crippen molar-refractivity contribution < 1.29 is 80.2 Å². The van der Waals surface area contributed by atoms with Gasteiger partial charge < -0.3 is 33.8 Å². The van der Waals surface area contributed by atoms with Crippen molar-refractivity contribution in [3.05, 3.63) is 109 Å². The highest BCUT2D eigenvalue weighted by Crippen LogP contribution is 2.45. The largest absolute Gasteiger partial charge is 0.472 e. The Labute approximate surface area is 632 Å². The molecule has 0 rings (SSSR count). The highest BCUT2D eigenvalue weighted by atomic mass is 31.2. The number of carbonyl (C=O) groups is 4. The number of unbranched alkanes of at least 4 members (excludes halogenated alkanes) is 33. The summed E-state index contributed by atoms with van der Waals surface area (Å²) in [5, 5.41) is 10.7. The first-order chi connectivity index (χ1) is 50.7. The molecular weight excluding hydrogens is 1350 g/mol. The third kappa shape index (κ3) is 75.9. The number of hydrogen-bond donors (Lipinski definition) is 3. The second-order valence-electron chi connectivity index (χ2n) is 27.3. The van der Waals surface area contributed by atoms with Crippen LogP contribution in [0.2, 0.25) is 0 Å². The molecule has 0 aliphatic rings. The van der Waals surface area contributed by atoms with Gasteiger partial charge in [-0.1, -0.05) is 278 Å². The summed E-state index contributed by atoms with van der Waals surface area (Å²) >= 11 is 0. The Morgan fingerprint density at radius 3 is 0.808 bits per heavy atom. The lowest BCUT2D eigenvalue weighted by molar-refractivity contribution is -0.161. The van der Waals surface area contributed by atoms with Crippen molar-refractivity contribution in [3.8, 4) is 0 Å². The van der Waals surface area contributed by atoms with Gasteiger partial charge >= 0.3 is 39.5 Å². The number of rotatable bonds is 77. The van der Waals surface area contributed by atoms with Gasteiger partial charge in [-0.15, -0.1) is 0 Å². The third-order valence-corrected chi connectivity index (χ3v) is 19.1. The second-order valence-corrected chi connectivity index (χ2v) is 30.2. The van der Waals surface area contributed by atoms with Crippen LogP contribution in [0.15, 0.2) is 109 Å². The van der Waals surface area contributed by atoms with Gasteiger partial charge in [-0.3, -0.25) is 37.3 Å². The first kappa shape index (κ1) is 99.7. The van der Waals surface area contributed by atoms with E-state index in [2.05, 4.69) is 137 Å². The molecular formula is C85H148O17P2. The zero-order valence-electron chi connectivity index (χ0n) is 65.7. The maximum atomic E-state index is 13.1. The zero-order valence-corrected chi connectivity index (χ0v) is 67.5. The van der Waals surface area contributed by atoms with Crippen LogP contribution in [0.1, 0.15) is 349 Å². The van der Waals surface area contributed by atoms with E-state index in [0.29, 0.717) is 25.7 Å². The number of aliphatic hydroxyl groups excluding tert-OH is 1. The molecule has 0 amide bonds. The van der Waals surface area contributed by atoms with Crippen molar-refractivity contribution in [2.24, 2.45) is 0 Å². The molecule has 0 fully saturated rings. The number of allylic oxidation sites excluding steroid dienone is 18. The molecule has 19 heteroatoms. The van der Waals surface area contributed by atoms with E-state index in [-0.39, 0.29) is 25.7 Å². The van der Waals surface area contributed by atoms with Gasteiger partial charge in [0.05, 0.1) is 26.4 Å². The molecule has 0 radical (unpaired) electrons. The highest BCUT2D eigenvalue weighted by molar-refractivity contribution is 7.47. The molecule has 104 heavy (non-hydrogen) atoms. The molecule has 17 nitrogen and oxygen atoms in total. The molecule has 0 heterocycles. The number of esters is 4. The minimum Gasteiger partial charge on any atom is -0.462 e. The molecule has 0 aromatic carbocycles. The first-order valence-corrected chi connectivity index (χ1v) is 44.1. The van der Waals surface area contributed by atoms with E-state index in [9.17, 15) is 43.2 Å². The smallest absolute Gasteiger partial charge is 0.462 e. The van der Waals surface area contributed by atoms with E-state index in [1.54, 1.807) is 0 Å². The summed E-state index contributed by atoms with van der Waals surface area (Å²) in [5.74, 6) is -2.22. The van der Waals surface area contributed by atoms with Crippen molar-refractivity contribution in [2.75, 3.05) is 39.6 Å². The predicted molar refractivity (Wildman–Crippen MR) is 427 cm³/mol. The lowest BCUT2D eigenvalue weighted by Gasteiger charge is -2.21. The van der Waals surface area contributed by atoms with Crippen LogP contribution in [0.3, 0.4) is 0 Å². The van der Waals surface area contributed by atoms with E-state index in [1.165, 1.54) is 70.6 Å². The Morgan fingerprint density at radius 2 is 0.500 bits per heavy atom. The Morgan fingerprint density at radius 1 is 0.279 bits per heavy atom. The normalized spacial score (nSPS) is 14.4. The summed E-state index contributed by atoms with van der Waals surface area (Å²) < 4.78 is 68.7. The van der Waals surface area contributed by atoms with E-state index in [4.69, 9.17) is 37.0 Å². The molecule has 0 saturated heterocycles. The molecule has 0 bridgehead atoms. The average Bonchev–Trinajstić information content (AvgIpc) is 0.918. The van der Waals surface area contributed by atoms with Crippen LogP contribution < -0.4 is 0 Å². The fourth-order valence-corrected chi connectivity index (χ4v) is 12.5. The Bertz CT molecular complexity index is 2390. The summed E-state index contributed by atoms with van der Waals surface area (Å²) in [7, 11) is -9.97. The topological polar surface area (TPSA) is 237 Å². The second kappa shape index (κ2) is 76.9. The van der Waals surface area contributed by atoms with Crippen molar-refractivity contribution in [1.82, 2.24) is 0 Å². The monoisotopic (exact) mass is 1500 g/mol. The fourth-order valence-electron chi connectivity index (χ4n) is 10.9. The molecule has 600 valence electrons. The van der Waals surface area contributed by atoms with Gasteiger partial charge in [-0.2, -0.15) is 0 Å². The summed E-state index contributed by atoms with van der Waals surface area (Å²) in [5.41, 5.74) is 0. The Balaban J connectivity index is 5.40. The maximum Gasteiger partial charge on any atom is 0.472 e. The fraction of sp³-hybridized carbons (Fsp3) is 0.741. The van der Waals surface area contributed by atoms with Gasteiger partial charge in [0, 0.05) is 25.7 Å². The number of phosphoric ester groups is 2. The van der Waals surface area contributed by atoms with Crippen molar-refractivity contribution in [3.63, 3.8) is 0 Å². The van der Waals surface area contributed by atoms with Crippen LogP contribution in [-0.2, 0) is 65.4 Å². The number of carbonyl (C=O) groups excluding carboxylic acids is 4. The van der Waals surface area contributed by atoms with Gasteiger partial charge in [0.15, 0.2) is 12.2 Å². The molecule has 0 aliphatic carbocycles. The lowest BCUT2D eigenvalue weighted by Crippen LogP contribution is -2.30. The average molecular weight is 1500 g/mol. The van der Waals surface area contributed by atoms with E-state index in [1.807, 2.05) is 0 Å². The van der Waals surface area contributed by atoms with E-state index >= 15 is 0 Å². The van der Waals surface area contributed by atoms with Gasteiger partial charge in [0.2, 0.25) is 0 Å². The maximum absolute atomic E-state index is 13.1. The van der Waals surface area contributed by atoms with Crippen molar-refractivity contribution in [1.29, 1.82) is 0 Å². The summed E-state index contributed by atoms with van der Waals surface area (Å²) in [4.78, 5) is 73.1. The Kier molecular flexibility index (Phi) is 73.7. The third-order valence-electron chi connectivity index (χ3n) is 17.2. The molecule has 0 saturated carbocycles. The van der Waals surface area contributed by atoms with Gasteiger partial charge in [0.25, 0.3) is 0 Å². The number of ether oxygens (including phenoxy) is 4. The zero-order chi connectivity index (χ0) is 76.0. The van der Waals surface area contributed by atoms with Gasteiger partial charge in [-0.25, -0.2) is 9.13 Å². The molecule has 3 N–H and O–H groups in total. The molecule has 0 aliphatic heterocycles. The standard InChI is InChI=1S/C85H148O17P2/c1-5-9-13-17-21-25-29-33-37-38-39-40-44-46-50-54-58-62-66-70-83(88)96-76-81(102-85(90)72-68-64-60-56-52-48-43-36-32-28-24-20-16-12-8-4)78-100-104(93,94)98-74-79(86)73-97-103(91,92)99-77-80(101-84(89)71-67-63-59-55-51-47-42-35-31-27-23-19-15-11-7-3)75-95-82(87)69-65-61-57-53-49-45-41-34-30-26-22-18-14-10-6-2/h9,13,21-22,25-28,31-34,37,39-41,46,50,79-81,86H,5-8,10-12,14-20,23-24,29-30,35-36,38,42-45,47-49,51-78H2,1-4H3,(H,91,92)(H,93,94)/b13-9-,25-21-,26-22-,31-27-,32-28-,37-33-,40-39-,41-34-,50-46-/t79-,80+,81+/m0/s1. The number of phosphoric acid groups is 2. The van der Waals surface area contributed by atoms with Crippen molar-refractivity contribution in [2.45, 2.75) is 367 Å². The molecule has 5 atom stereocenters. The van der Waals surface area contributed by atoms with Crippen molar-refractivity contribution >= 4 is 39.5 Å². The summed E-state index contributed by atoms with van der Waals surface area (Å²) in [6.07, 6.45) is 83.4. The first-order valence-electron chi connectivity index (χ1n) is 41.1. The highest BCUT2D eigenvalue weighted by Gasteiger charge is 2.30. The van der Waals surface area contributed by atoms with E-state index in [0.717, 1.165) is 199 Å². The lowest BCUT2D eigenvalue weighted by atomic mass is 10.1. The number of hydrogen-bond acceptors (Lipinski definition) is 15. The van der Waals surface area contributed by atoms with Crippen LogP contribution >= 0.6 is 15.6 Å². The summed E-state index contributed by atoms with van der Waals surface area (Å²) in [6.45, 7) is 4.69. The molecule has 0 spiro atoms. The van der Waals surface area contributed by atoms with Crippen LogP contribution in [0.25, 0.3) is 0 Å². The quantitative estimate of drug-likeness (QED) is 0.0169. The number of aliphatic hydroxyl groups is 1. The van der Waals surface area contributed by atoms with Crippen LogP contribution in [0.4, 0.5) is 0 Å². The van der Waals surface area contributed by atoms with Crippen LogP contribution in [-0.4, -0.2) is 96.7 Å². The minimum atomic E-state index is -4.99. The Hall–Kier alpha value is -4.28. The SMILES string of the molecule is CC/C=C\C/C=C\C/C=C\C/C=C\C/C=C\CCCCCC(=O)OC[C@H](COP(=O)(O)OC[C@@H](O)COP(=O)(O)OC[C@@H](COC(=O)CCCCCCC/C=C\C/C=C\CCCCC)OC(=O)CCCCCCCCC/C=C\CCCCCC)OC(=O)CCCCCCCCC/C=C\CCCCCC. The van der Waals surface area contributed by atoms with Gasteiger partial charge in [-0.05, 0) is 154 Å². The molecule has 0 aromatic rings. The van der Waals surface area contributed by atoms with Crippen LogP contribution in [0.5, 0.6) is 0 Å². The minimum absolute atomic E-state index is 0.0814. The molecule has 2 unspecified atom stereocenters. The van der Waals surface area contributed by atoms with E-state index < -0.39 is 97.5 Å². The summed E-state index contributed by atoms with van der Waals surface area (Å²) in [6, 6.07) is 0. The predicted octanol–water partition coefficient (Wildman–Crippen LogP) is 24.1. The van der Waals surface area contributed by atoms with Crippen LogP contribution in [0, 0.1) is 0 Å². The van der Waals surface area contributed by atoms with Gasteiger partial charge in [0.1, 0.15) is 19.3 Å². The molecule has 0 aromatic heterocycles.